The fourth-order valence-electron chi connectivity index (χ4n) is 0.511. The van der Waals surface area contributed by atoms with Crippen molar-refractivity contribution >= 4 is 11.8 Å². The zero-order valence-corrected chi connectivity index (χ0v) is 8.38. The molecule has 0 aliphatic rings. The van der Waals surface area contributed by atoms with E-state index in [1.165, 1.54) is 0 Å². The Morgan fingerprint density at radius 2 is 1.80 bits per heavy atom. The molecule has 0 bridgehead atoms. The van der Waals surface area contributed by atoms with Crippen molar-refractivity contribution in [3.05, 3.63) is 11.6 Å². The van der Waals surface area contributed by atoms with E-state index in [-0.39, 0.29) is 5.54 Å². The van der Waals surface area contributed by atoms with Crippen molar-refractivity contribution in [2.45, 2.75) is 26.3 Å². The van der Waals surface area contributed by atoms with Crippen molar-refractivity contribution < 1.29 is 0 Å². The van der Waals surface area contributed by atoms with Gasteiger partial charge < -0.3 is 4.90 Å². The highest BCUT2D eigenvalue weighted by molar-refractivity contribution is 8.02. The van der Waals surface area contributed by atoms with Crippen LogP contribution >= 0.6 is 11.8 Å². The summed E-state index contributed by atoms with van der Waals surface area (Å²) in [5.74, 6) is 0. The maximum Gasteiger partial charge on any atom is 0.0633 e. The van der Waals surface area contributed by atoms with Crippen LogP contribution in [-0.4, -0.2) is 23.7 Å². The molecule has 0 atom stereocenters. The summed E-state index contributed by atoms with van der Waals surface area (Å²) in [5.41, 5.74) is 0.195. The van der Waals surface area contributed by atoms with Gasteiger partial charge in [0.15, 0.2) is 0 Å². The molecule has 0 N–H and O–H groups in total. The molecular weight excluding hydrogens is 142 g/mol. The van der Waals surface area contributed by atoms with E-state index in [0.717, 1.165) is 5.03 Å². The predicted octanol–water partition coefficient (Wildman–Crippen LogP) is 2.55. The lowest BCUT2D eigenvalue weighted by atomic mass is 10.1. The molecule has 0 aromatic heterocycles. The Kier molecular flexibility index (Phi) is 3.29. The van der Waals surface area contributed by atoms with Crippen LogP contribution in [0.2, 0.25) is 0 Å². The second-order valence-electron chi connectivity index (χ2n) is 3.33. The van der Waals surface area contributed by atoms with Gasteiger partial charge in [0.05, 0.1) is 5.03 Å². The molecule has 0 heterocycles. The molecule has 0 spiro atoms. The van der Waals surface area contributed by atoms with Crippen LogP contribution in [0, 0.1) is 0 Å². The van der Waals surface area contributed by atoms with Crippen molar-refractivity contribution in [1.82, 2.24) is 4.90 Å². The summed E-state index contributed by atoms with van der Waals surface area (Å²) < 4.78 is 0. The van der Waals surface area contributed by atoms with E-state index in [0.29, 0.717) is 0 Å². The standard InChI is InChI=1S/C8H17NS/c1-7(10-6)9(5)8(2,3)4/h1H2,2-6H3. The first-order valence-corrected chi connectivity index (χ1v) is 4.59. The van der Waals surface area contributed by atoms with Gasteiger partial charge in [-0.15, -0.1) is 11.8 Å². The maximum atomic E-state index is 3.93. The summed E-state index contributed by atoms with van der Waals surface area (Å²) in [6, 6.07) is 0. The minimum absolute atomic E-state index is 0.195. The first kappa shape index (κ1) is 9.89. The zero-order valence-electron chi connectivity index (χ0n) is 7.56. The van der Waals surface area contributed by atoms with Crippen LogP contribution in [0.25, 0.3) is 0 Å². The zero-order chi connectivity index (χ0) is 8.36. The van der Waals surface area contributed by atoms with Crippen LogP contribution in [0.3, 0.4) is 0 Å². The number of hydrogen-bond donors (Lipinski definition) is 0. The molecule has 60 valence electrons. The van der Waals surface area contributed by atoms with E-state index in [4.69, 9.17) is 0 Å². The third kappa shape index (κ3) is 2.65. The van der Waals surface area contributed by atoms with Crippen molar-refractivity contribution in [3.8, 4) is 0 Å². The van der Waals surface area contributed by atoms with E-state index in [1.54, 1.807) is 11.8 Å². The molecule has 0 saturated carbocycles. The van der Waals surface area contributed by atoms with E-state index >= 15 is 0 Å². The van der Waals surface area contributed by atoms with E-state index in [1.807, 2.05) is 6.26 Å². The number of nitrogens with zero attached hydrogens (tertiary/aromatic N) is 1. The van der Waals surface area contributed by atoms with Crippen LogP contribution < -0.4 is 0 Å². The molecule has 1 nitrogen and oxygen atoms in total. The Balaban J connectivity index is 4.08. The molecule has 0 fully saturated rings. The Labute approximate surface area is 68.5 Å². The van der Waals surface area contributed by atoms with Gasteiger partial charge in [-0.2, -0.15) is 0 Å². The van der Waals surface area contributed by atoms with Crippen molar-refractivity contribution in [1.29, 1.82) is 0 Å². The smallest absolute Gasteiger partial charge is 0.0633 e. The molecule has 0 unspecified atom stereocenters. The minimum Gasteiger partial charge on any atom is -0.365 e. The molecule has 0 aliphatic carbocycles. The molecule has 0 saturated heterocycles. The van der Waals surface area contributed by atoms with Crippen LogP contribution in [0.1, 0.15) is 20.8 Å². The summed E-state index contributed by atoms with van der Waals surface area (Å²) in [4.78, 5) is 2.18. The molecule has 0 aliphatic heterocycles. The lowest BCUT2D eigenvalue weighted by molar-refractivity contribution is 0.244. The molecule has 10 heavy (non-hydrogen) atoms. The van der Waals surface area contributed by atoms with Crippen LogP contribution in [-0.2, 0) is 0 Å². The van der Waals surface area contributed by atoms with Crippen LogP contribution in [0.4, 0.5) is 0 Å². The van der Waals surface area contributed by atoms with Gasteiger partial charge >= 0.3 is 0 Å². The van der Waals surface area contributed by atoms with Gasteiger partial charge in [-0.05, 0) is 27.0 Å². The fourth-order valence-corrected chi connectivity index (χ4v) is 1.06. The predicted molar refractivity (Wildman–Crippen MR) is 50.2 cm³/mol. The lowest BCUT2D eigenvalue weighted by Gasteiger charge is -2.34. The molecule has 0 amide bonds. The SMILES string of the molecule is C=C(SC)N(C)C(C)(C)C. The van der Waals surface area contributed by atoms with E-state index in [2.05, 4.69) is 39.3 Å². The Bertz CT molecular complexity index is 124. The van der Waals surface area contributed by atoms with Crippen molar-refractivity contribution in [2.24, 2.45) is 0 Å². The minimum atomic E-state index is 0.195. The van der Waals surface area contributed by atoms with Gasteiger partial charge in [-0.1, -0.05) is 6.58 Å². The van der Waals surface area contributed by atoms with Gasteiger partial charge in [0.25, 0.3) is 0 Å². The average Bonchev–Trinajstić information content (AvgIpc) is 1.83. The fraction of sp³-hybridized carbons (Fsp3) is 0.750. The summed E-state index contributed by atoms with van der Waals surface area (Å²) in [7, 11) is 2.07. The summed E-state index contributed by atoms with van der Waals surface area (Å²) in [6.45, 7) is 10.5. The normalized spacial score (nSPS) is 11.3. The molecule has 0 radical (unpaired) electrons. The summed E-state index contributed by atoms with van der Waals surface area (Å²) >= 11 is 1.69. The van der Waals surface area contributed by atoms with Gasteiger partial charge in [0, 0.05) is 12.6 Å². The molecule has 0 rings (SSSR count). The molecule has 0 aromatic rings. The van der Waals surface area contributed by atoms with Gasteiger partial charge in [-0.25, -0.2) is 0 Å². The topological polar surface area (TPSA) is 3.24 Å². The maximum absolute atomic E-state index is 3.93. The first-order chi connectivity index (χ1) is 4.39. The summed E-state index contributed by atoms with van der Waals surface area (Å²) in [5, 5.41) is 1.12. The Morgan fingerprint density at radius 3 is 1.90 bits per heavy atom. The number of thioether (sulfide) groups is 1. The van der Waals surface area contributed by atoms with Crippen LogP contribution in [0.15, 0.2) is 11.6 Å². The third-order valence-electron chi connectivity index (χ3n) is 1.62. The van der Waals surface area contributed by atoms with Crippen LogP contribution in [0.5, 0.6) is 0 Å². The second kappa shape index (κ2) is 3.33. The highest BCUT2D eigenvalue weighted by Crippen LogP contribution is 2.21. The number of rotatable bonds is 2. The summed E-state index contributed by atoms with van der Waals surface area (Å²) in [6.07, 6.45) is 2.05. The van der Waals surface area contributed by atoms with Gasteiger partial charge in [0.2, 0.25) is 0 Å². The number of hydrogen-bond acceptors (Lipinski definition) is 2. The quantitative estimate of drug-likeness (QED) is 0.609. The second-order valence-corrected chi connectivity index (χ2v) is 4.21. The Hall–Kier alpha value is -0.110. The largest absolute Gasteiger partial charge is 0.365 e. The first-order valence-electron chi connectivity index (χ1n) is 3.36. The monoisotopic (exact) mass is 159 g/mol. The van der Waals surface area contributed by atoms with Crippen molar-refractivity contribution in [2.75, 3.05) is 13.3 Å². The molecule has 2 heteroatoms. The Morgan fingerprint density at radius 1 is 1.40 bits per heavy atom. The lowest BCUT2D eigenvalue weighted by Crippen LogP contribution is -2.35. The molecule has 0 aromatic carbocycles. The van der Waals surface area contributed by atoms with E-state index < -0.39 is 0 Å². The highest BCUT2D eigenvalue weighted by Gasteiger charge is 2.17. The van der Waals surface area contributed by atoms with Gasteiger partial charge in [0.1, 0.15) is 0 Å². The van der Waals surface area contributed by atoms with Crippen molar-refractivity contribution in [3.63, 3.8) is 0 Å². The van der Waals surface area contributed by atoms with E-state index in [9.17, 15) is 0 Å². The third-order valence-corrected chi connectivity index (χ3v) is 2.36. The highest BCUT2D eigenvalue weighted by atomic mass is 32.2. The van der Waals surface area contributed by atoms with Gasteiger partial charge in [-0.3, -0.25) is 0 Å². The molecular formula is C8H17NS. The average molecular weight is 159 g/mol.